The van der Waals surface area contributed by atoms with E-state index in [0.717, 1.165) is 24.3 Å². The van der Waals surface area contributed by atoms with Gasteiger partial charge in [0, 0.05) is 17.6 Å². The fourth-order valence-electron chi connectivity index (χ4n) is 2.83. The van der Waals surface area contributed by atoms with E-state index in [1.165, 1.54) is 36.6 Å². The summed E-state index contributed by atoms with van der Waals surface area (Å²) in [6.45, 7) is 4.06. The fraction of sp³-hybridized carbons (Fsp3) is 0.389. The lowest BCUT2D eigenvalue weighted by Gasteiger charge is -2.07. The lowest BCUT2D eigenvalue weighted by atomic mass is 10.1. The third-order valence-electron chi connectivity index (χ3n) is 3.98. The summed E-state index contributed by atoms with van der Waals surface area (Å²) in [7, 11) is 0. The maximum absolute atomic E-state index is 4.54. The molecule has 0 amide bonds. The maximum Gasteiger partial charge on any atom is 0.0705 e. The summed E-state index contributed by atoms with van der Waals surface area (Å²) in [5, 5.41) is 4.77. The second kappa shape index (κ2) is 6.19. The van der Waals surface area contributed by atoms with Crippen molar-refractivity contribution in [2.24, 2.45) is 0 Å². The van der Waals surface area contributed by atoms with Crippen LogP contribution in [-0.4, -0.2) is 11.5 Å². The average molecular weight is 266 g/mol. The summed E-state index contributed by atoms with van der Waals surface area (Å²) in [4.78, 5) is 4.54. The van der Waals surface area contributed by atoms with Gasteiger partial charge in [-0.3, -0.25) is 4.98 Å². The van der Waals surface area contributed by atoms with Crippen LogP contribution in [0.4, 0.5) is 0 Å². The standard InChI is InChI=1S/C18H22N2/c1-14-6-8-17-12-16(7-9-18(17)20-14)13-19-11-10-15-4-2-3-5-15/h4,6-9,12,19H,2-3,5,10-11,13H2,1H3. The zero-order valence-electron chi connectivity index (χ0n) is 12.2. The first-order valence-corrected chi connectivity index (χ1v) is 7.56. The molecule has 0 saturated heterocycles. The van der Waals surface area contributed by atoms with Crippen LogP contribution >= 0.6 is 0 Å². The van der Waals surface area contributed by atoms with Gasteiger partial charge in [-0.1, -0.05) is 23.8 Å². The number of aryl methyl sites for hydroxylation is 1. The Morgan fingerprint density at radius 3 is 3.00 bits per heavy atom. The lowest BCUT2D eigenvalue weighted by molar-refractivity contribution is 0.676. The molecule has 0 fully saturated rings. The van der Waals surface area contributed by atoms with Gasteiger partial charge in [0.25, 0.3) is 0 Å². The molecule has 3 rings (SSSR count). The largest absolute Gasteiger partial charge is 0.312 e. The van der Waals surface area contributed by atoms with Crippen LogP contribution in [0.3, 0.4) is 0 Å². The predicted molar refractivity (Wildman–Crippen MR) is 84.7 cm³/mol. The number of aromatic nitrogens is 1. The van der Waals surface area contributed by atoms with E-state index in [2.05, 4.69) is 46.7 Å². The minimum atomic E-state index is 0.942. The summed E-state index contributed by atoms with van der Waals surface area (Å²) in [6, 6.07) is 10.8. The number of rotatable bonds is 5. The van der Waals surface area contributed by atoms with Crippen LogP contribution in [-0.2, 0) is 6.54 Å². The Kier molecular flexibility index (Phi) is 4.12. The van der Waals surface area contributed by atoms with E-state index in [-0.39, 0.29) is 0 Å². The second-order valence-electron chi connectivity index (χ2n) is 5.66. The summed E-state index contributed by atoms with van der Waals surface area (Å²) in [5.41, 5.74) is 5.14. The molecule has 0 spiro atoms. The molecular weight excluding hydrogens is 244 g/mol. The number of nitrogens with one attached hydrogen (secondary N) is 1. The molecule has 0 bridgehead atoms. The number of allylic oxidation sites excluding steroid dienone is 1. The van der Waals surface area contributed by atoms with Crippen molar-refractivity contribution in [3.8, 4) is 0 Å². The van der Waals surface area contributed by atoms with Gasteiger partial charge in [-0.05, 0) is 62.9 Å². The maximum atomic E-state index is 4.54. The molecule has 2 nitrogen and oxygen atoms in total. The fourth-order valence-corrected chi connectivity index (χ4v) is 2.83. The van der Waals surface area contributed by atoms with Crippen LogP contribution in [0.2, 0.25) is 0 Å². The summed E-state index contributed by atoms with van der Waals surface area (Å²) >= 11 is 0. The first kappa shape index (κ1) is 13.3. The summed E-state index contributed by atoms with van der Waals surface area (Å²) in [5.74, 6) is 0. The quantitative estimate of drug-likeness (QED) is 0.650. The van der Waals surface area contributed by atoms with Gasteiger partial charge < -0.3 is 5.32 Å². The van der Waals surface area contributed by atoms with E-state index in [9.17, 15) is 0 Å². The van der Waals surface area contributed by atoms with E-state index in [0.29, 0.717) is 0 Å². The molecular formula is C18H22N2. The Morgan fingerprint density at radius 2 is 2.15 bits per heavy atom. The van der Waals surface area contributed by atoms with Gasteiger partial charge in [-0.2, -0.15) is 0 Å². The normalized spacial score (nSPS) is 14.8. The van der Waals surface area contributed by atoms with E-state index in [4.69, 9.17) is 0 Å². The van der Waals surface area contributed by atoms with Gasteiger partial charge >= 0.3 is 0 Å². The Bertz CT molecular complexity index is 628. The third kappa shape index (κ3) is 3.26. The number of pyridine rings is 1. The van der Waals surface area contributed by atoms with Crippen LogP contribution in [0.15, 0.2) is 42.0 Å². The van der Waals surface area contributed by atoms with Gasteiger partial charge in [0.05, 0.1) is 5.52 Å². The first-order chi connectivity index (χ1) is 9.81. The Labute approximate surface area is 120 Å². The van der Waals surface area contributed by atoms with Crippen molar-refractivity contribution in [3.05, 3.63) is 53.2 Å². The lowest BCUT2D eigenvalue weighted by Crippen LogP contribution is -2.15. The molecule has 2 heteroatoms. The highest BCUT2D eigenvalue weighted by Crippen LogP contribution is 2.20. The summed E-state index contributed by atoms with van der Waals surface area (Å²) in [6.07, 6.45) is 7.56. The molecule has 20 heavy (non-hydrogen) atoms. The van der Waals surface area contributed by atoms with E-state index < -0.39 is 0 Å². The van der Waals surface area contributed by atoms with Crippen molar-refractivity contribution in [2.75, 3.05) is 6.54 Å². The molecule has 1 aliphatic carbocycles. The zero-order chi connectivity index (χ0) is 13.8. The molecule has 1 aliphatic rings. The highest BCUT2D eigenvalue weighted by Gasteiger charge is 2.03. The second-order valence-corrected chi connectivity index (χ2v) is 5.66. The topological polar surface area (TPSA) is 24.9 Å². The SMILES string of the molecule is Cc1ccc2cc(CNCCC3=CCCC3)ccc2n1. The molecule has 0 aliphatic heterocycles. The van der Waals surface area contributed by atoms with Crippen LogP contribution in [0.5, 0.6) is 0 Å². The van der Waals surface area contributed by atoms with Gasteiger partial charge in [-0.25, -0.2) is 0 Å². The Balaban J connectivity index is 1.56. The Morgan fingerprint density at radius 1 is 1.20 bits per heavy atom. The minimum absolute atomic E-state index is 0.942. The number of benzene rings is 1. The van der Waals surface area contributed by atoms with Crippen molar-refractivity contribution < 1.29 is 0 Å². The number of fused-ring (bicyclic) bond motifs is 1. The molecule has 1 heterocycles. The molecule has 0 unspecified atom stereocenters. The molecule has 0 saturated carbocycles. The van der Waals surface area contributed by atoms with E-state index in [1.54, 1.807) is 5.57 Å². The number of hydrogen-bond donors (Lipinski definition) is 1. The van der Waals surface area contributed by atoms with Crippen LogP contribution < -0.4 is 5.32 Å². The predicted octanol–water partition coefficient (Wildman–Crippen LogP) is 4.13. The van der Waals surface area contributed by atoms with Crippen molar-refractivity contribution in [2.45, 2.75) is 39.2 Å². The Hall–Kier alpha value is -1.67. The van der Waals surface area contributed by atoms with Gasteiger partial charge in [0.15, 0.2) is 0 Å². The third-order valence-corrected chi connectivity index (χ3v) is 3.98. The van der Waals surface area contributed by atoms with Crippen molar-refractivity contribution in [1.29, 1.82) is 0 Å². The monoisotopic (exact) mass is 266 g/mol. The zero-order valence-corrected chi connectivity index (χ0v) is 12.2. The van der Waals surface area contributed by atoms with Crippen molar-refractivity contribution in [3.63, 3.8) is 0 Å². The van der Waals surface area contributed by atoms with Crippen LogP contribution in [0, 0.1) is 6.92 Å². The minimum Gasteiger partial charge on any atom is -0.312 e. The molecule has 1 N–H and O–H groups in total. The number of nitrogens with zero attached hydrogens (tertiary/aromatic N) is 1. The van der Waals surface area contributed by atoms with Gasteiger partial charge in [0.1, 0.15) is 0 Å². The summed E-state index contributed by atoms with van der Waals surface area (Å²) < 4.78 is 0. The molecule has 2 aromatic rings. The van der Waals surface area contributed by atoms with E-state index in [1.807, 2.05) is 6.92 Å². The van der Waals surface area contributed by atoms with Crippen LogP contribution in [0.25, 0.3) is 10.9 Å². The smallest absolute Gasteiger partial charge is 0.0705 e. The molecule has 1 aromatic carbocycles. The van der Waals surface area contributed by atoms with Gasteiger partial charge in [-0.15, -0.1) is 0 Å². The average Bonchev–Trinajstić information content (AvgIpc) is 2.97. The highest BCUT2D eigenvalue weighted by atomic mass is 14.8. The van der Waals surface area contributed by atoms with Gasteiger partial charge in [0.2, 0.25) is 0 Å². The van der Waals surface area contributed by atoms with Crippen molar-refractivity contribution >= 4 is 10.9 Å². The highest BCUT2D eigenvalue weighted by molar-refractivity contribution is 5.79. The number of hydrogen-bond acceptors (Lipinski definition) is 2. The first-order valence-electron chi connectivity index (χ1n) is 7.56. The van der Waals surface area contributed by atoms with Crippen molar-refractivity contribution in [1.82, 2.24) is 10.3 Å². The van der Waals surface area contributed by atoms with Crippen LogP contribution in [0.1, 0.15) is 36.9 Å². The molecule has 104 valence electrons. The molecule has 0 atom stereocenters. The molecule has 0 radical (unpaired) electrons. The molecule has 1 aromatic heterocycles. The van der Waals surface area contributed by atoms with E-state index >= 15 is 0 Å².